The molecular formula is C13H20N2O3S. The molecule has 0 spiro atoms. The van der Waals surface area contributed by atoms with Gasteiger partial charge in [0.2, 0.25) is 10.0 Å². The molecule has 19 heavy (non-hydrogen) atoms. The first-order valence-electron chi connectivity index (χ1n) is 6.57. The van der Waals surface area contributed by atoms with E-state index in [4.69, 9.17) is 4.74 Å². The molecule has 1 aromatic carbocycles. The van der Waals surface area contributed by atoms with E-state index in [9.17, 15) is 8.42 Å². The van der Waals surface area contributed by atoms with Gasteiger partial charge in [-0.05, 0) is 25.0 Å². The van der Waals surface area contributed by atoms with Crippen molar-refractivity contribution in [1.82, 2.24) is 4.72 Å². The highest BCUT2D eigenvalue weighted by molar-refractivity contribution is 7.89. The number of hydrogen-bond donors (Lipinski definition) is 2. The van der Waals surface area contributed by atoms with Crippen molar-refractivity contribution in [1.29, 1.82) is 0 Å². The molecule has 1 fully saturated rings. The summed E-state index contributed by atoms with van der Waals surface area (Å²) in [5.74, 6) is 0. The van der Waals surface area contributed by atoms with Gasteiger partial charge in [-0.2, -0.15) is 0 Å². The maximum atomic E-state index is 12.1. The Morgan fingerprint density at radius 2 is 2.16 bits per heavy atom. The van der Waals surface area contributed by atoms with Crippen molar-refractivity contribution in [2.24, 2.45) is 0 Å². The number of para-hydroxylation sites is 1. The minimum atomic E-state index is -3.44. The number of ether oxygens (including phenoxy) is 1. The Bertz CT molecular complexity index is 510. The van der Waals surface area contributed by atoms with E-state index in [-0.39, 0.29) is 11.0 Å². The first-order valence-corrected chi connectivity index (χ1v) is 8.06. The third kappa shape index (κ3) is 3.68. The zero-order chi connectivity index (χ0) is 13.7. The highest BCUT2D eigenvalue weighted by Crippen LogP contribution is 2.21. The monoisotopic (exact) mass is 284 g/mol. The van der Waals surface area contributed by atoms with E-state index in [2.05, 4.69) is 10.0 Å². The fraction of sp³-hybridized carbons (Fsp3) is 0.538. The van der Waals surface area contributed by atoms with Gasteiger partial charge in [0.1, 0.15) is 4.90 Å². The summed E-state index contributed by atoms with van der Waals surface area (Å²) in [5, 5.41) is 3.18. The number of nitrogens with one attached hydrogen (secondary N) is 2. The Kier molecular flexibility index (Phi) is 4.79. The van der Waals surface area contributed by atoms with Gasteiger partial charge in [-0.25, -0.2) is 13.1 Å². The third-order valence-electron chi connectivity index (χ3n) is 3.06. The maximum Gasteiger partial charge on any atom is 0.242 e. The molecular weight excluding hydrogens is 264 g/mol. The molecule has 0 amide bonds. The fourth-order valence-electron chi connectivity index (χ4n) is 2.14. The van der Waals surface area contributed by atoms with E-state index >= 15 is 0 Å². The Hall–Kier alpha value is -1.11. The van der Waals surface area contributed by atoms with Gasteiger partial charge in [0.05, 0.1) is 11.8 Å². The second kappa shape index (κ2) is 6.36. The molecule has 1 atom stereocenters. The van der Waals surface area contributed by atoms with E-state index < -0.39 is 10.0 Å². The summed E-state index contributed by atoms with van der Waals surface area (Å²) in [5.41, 5.74) is 0.624. The molecule has 1 aliphatic heterocycles. The van der Waals surface area contributed by atoms with Crippen molar-refractivity contribution in [2.75, 3.05) is 25.0 Å². The number of sulfonamides is 1. The van der Waals surface area contributed by atoms with Gasteiger partial charge in [0.15, 0.2) is 0 Å². The van der Waals surface area contributed by atoms with Gasteiger partial charge in [-0.1, -0.05) is 19.1 Å². The van der Waals surface area contributed by atoms with Gasteiger partial charge in [0.25, 0.3) is 0 Å². The zero-order valence-electron chi connectivity index (χ0n) is 11.1. The summed E-state index contributed by atoms with van der Waals surface area (Å²) in [7, 11) is -3.44. The van der Waals surface area contributed by atoms with Crippen LogP contribution in [0.1, 0.15) is 19.8 Å². The van der Waals surface area contributed by atoms with Crippen LogP contribution in [-0.4, -0.2) is 34.2 Å². The zero-order valence-corrected chi connectivity index (χ0v) is 11.9. The molecule has 1 unspecified atom stereocenters. The number of anilines is 1. The van der Waals surface area contributed by atoms with E-state index in [1.54, 1.807) is 25.1 Å². The third-order valence-corrected chi connectivity index (χ3v) is 4.66. The van der Waals surface area contributed by atoms with E-state index in [1.807, 2.05) is 6.07 Å². The average Bonchev–Trinajstić information content (AvgIpc) is 2.90. The Morgan fingerprint density at radius 1 is 1.37 bits per heavy atom. The summed E-state index contributed by atoms with van der Waals surface area (Å²) in [6.45, 7) is 3.57. The molecule has 0 aliphatic carbocycles. The summed E-state index contributed by atoms with van der Waals surface area (Å²) in [6, 6.07) is 6.93. The van der Waals surface area contributed by atoms with E-state index in [0.717, 1.165) is 19.4 Å². The Labute approximate surface area is 114 Å². The SMILES string of the molecule is CCNS(=O)(=O)c1ccccc1NCC1CCCO1. The predicted molar refractivity (Wildman–Crippen MR) is 74.8 cm³/mol. The van der Waals surface area contributed by atoms with Gasteiger partial charge < -0.3 is 10.1 Å². The highest BCUT2D eigenvalue weighted by Gasteiger charge is 2.19. The normalized spacial score (nSPS) is 19.5. The number of rotatable bonds is 6. The van der Waals surface area contributed by atoms with Crippen LogP contribution in [0, 0.1) is 0 Å². The molecule has 6 heteroatoms. The van der Waals surface area contributed by atoms with Gasteiger partial charge in [-0.3, -0.25) is 0 Å². The van der Waals surface area contributed by atoms with Crippen LogP contribution in [0.25, 0.3) is 0 Å². The van der Waals surface area contributed by atoms with Crippen LogP contribution in [0.4, 0.5) is 5.69 Å². The second-order valence-electron chi connectivity index (χ2n) is 4.51. The van der Waals surface area contributed by atoms with Crippen LogP contribution in [0.15, 0.2) is 29.2 Å². The van der Waals surface area contributed by atoms with Crippen molar-refractivity contribution in [3.8, 4) is 0 Å². The Balaban J connectivity index is 2.11. The van der Waals surface area contributed by atoms with Crippen LogP contribution in [0.2, 0.25) is 0 Å². The Morgan fingerprint density at radius 3 is 2.84 bits per heavy atom. The molecule has 5 nitrogen and oxygen atoms in total. The summed E-state index contributed by atoms with van der Waals surface area (Å²) in [6.07, 6.45) is 2.27. The molecule has 0 aromatic heterocycles. The van der Waals surface area contributed by atoms with Crippen LogP contribution in [-0.2, 0) is 14.8 Å². The quantitative estimate of drug-likeness (QED) is 0.832. The second-order valence-corrected chi connectivity index (χ2v) is 6.25. The maximum absolute atomic E-state index is 12.1. The topological polar surface area (TPSA) is 67.4 Å². The van der Waals surface area contributed by atoms with Crippen molar-refractivity contribution in [3.63, 3.8) is 0 Å². The lowest BCUT2D eigenvalue weighted by molar-refractivity contribution is 0.120. The average molecular weight is 284 g/mol. The van der Waals surface area contributed by atoms with Crippen molar-refractivity contribution in [2.45, 2.75) is 30.8 Å². The van der Waals surface area contributed by atoms with E-state index in [0.29, 0.717) is 18.8 Å². The molecule has 0 radical (unpaired) electrons. The van der Waals surface area contributed by atoms with Gasteiger partial charge in [-0.15, -0.1) is 0 Å². The van der Waals surface area contributed by atoms with Crippen molar-refractivity contribution < 1.29 is 13.2 Å². The summed E-state index contributed by atoms with van der Waals surface area (Å²) < 4.78 is 32.2. The van der Waals surface area contributed by atoms with Gasteiger partial charge in [0, 0.05) is 19.7 Å². The molecule has 106 valence electrons. The fourth-order valence-corrected chi connectivity index (χ4v) is 3.37. The van der Waals surface area contributed by atoms with Crippen molar-refractivity contribution in [3.05, 3.63) is 24.3 Å². The first kappa shape index (κ1) is 14.3. The number of benzene rings is 1. The molecule has 0 bridgehead atoms. The summed E-state index contributed by atoms with van der Waals surface area (Å²) in [4.78, 5) is 0.287. The van der Waals surface area contributed by atoms with Crippen LogP contribution >= 0.6 is 0 Å². The minimum Gasteiger partial charge on any atom is -0.381 e. The molecule has 0 saturated carbocycles. The molecule has 1 aromatic rings. The molecule has 2 rings (SSSR count). The standard InChI is InChI=1S/C13H20N2O3S/c1-2-15-19(16,17)13-8-4-3-7-12(13)14-10-11-6-5-9-18-11/h3-4,7-8,11,14-15H,2,5-6,9-10H2,1H3. The molecule has 2 N–H and O–H groups in total. The minimum absolute atomic E-state index is 0.176. The lowest BCUT2D eigenvalue weighted by atomic mass is 10.2. The van der Waals surface area contributed by atoms with Crippen LogP contribution in [0.3, 0.4) is 0 Å². The molecule has 1 heterocycles. The lowest BCUT2D eigenvalue weighted by Gasteiger charge is -2.15. The summed E-state index contributed by atoms with van der Waals surface area (Å²) >= 11 is 0. The smallest absolute Gasteiger partial charge is 0.242 e. The van der Waals surface area contributed by atoms with Crippen molar-refractivity contribution >= 4 is 15.7 Å². The molecule has 1 aliphatic rings. The van der Waals surface area contributed by atoms with Gasteiger partial charge >= 0.3 is 0 Å². The van der Waals surface area contributed by atoms with E-state index in [1.165, 1.54) is 0 Å². The van der Waals surface area contributed by atoms with Crippen LogP contribution < -0.4 is 10.0 Å². The lowest BCUT2D eigenvalue weighted by Crippen LogP contribution is -2.25. The predicted octanol–water partition coefficient (Wildman–Crippen LogP) is 1.58. The number of hydrogen-bond acceptors (Lipinski definition) is 4. The van der Waals surface area contributed by atoms with Crippen LogP contribution in [0.5, 0.6) is 0 Å². The largest absolute Gasteiger partial charge is 0.381 e. The molecule has 1 saturated heterocycles. The first-order chi connectivity index (χ1) is 9.13. The highest BCUT2D eigenvalue weighted by atomic mass is 32.2.